The van der Waals surface area contributed by atoms with Crippen molar-refractivity contribution in [3.05, 3.63) is 42.2 Å². The van der Waals surface area contributed by atoms with Crippen LogP contribution < -0.4 is 11.1 Å². The smallest absolute Gasteiger partial charge is 0.208 e. The fourth-order valence-corrected chi connectivity index (χ4v) is 3.38. The van der Waals surface area contributed by atoms with Crippen LogP contribution in [0.2, 0.25) is 0 Å². The predicted molar refractivity (Wildman–Crippen MR) is 101 cm³/mol. The number of nitrogens with two attached hydrogens (primary N) is 1. The van der Waals surface area contributed by atoms with Crippen LogP contribution in [0.15, 0.2) is 36.7 Å². The summed E-state index contributed by atoms with van der Waals surface area (Å²) in [4.78, 5) is 12.7. The van der Waals surface area contributed by atoms with Gasteiger partial charge in [-0.05, 0) is 12.5 Å². The van der Waals surface area contributed by atoms with Crippen LogP contribution in [0.5, 0.6) is 0 Å². The minimum Gasteiger partial charge on any atom is -0.394 e. The largest absolute Gasteiger partial charge is 0.394 e. The number of nitrogens with zero attached hydrogens (tertiary/aromatic N) is 4. The zero-order valence-corrected chi connectivity index (χ0v) is 15.2. The average Bonchev–Trinajstić information content (AvgIpc) is 3.21. The number of imidazole rings is 1. The SMILES string of the molecule is CC(Nc1nc2c(N)ncnc2n1[C@@H]1O[C@H](CO)[C@@H](O)[C@H]1O)c1ccccc1. The van der Waals surface area contributed by atoms with Crippen LogP contribution >= 0.6 is 0 Å². The minimum absolute atomic E-state index is 0.122. The molecule has 1 aliphatic heterocycles. The summed E-state index contributed by atoms with van der Waals surface area (Å²) in [5.41, 5.74) is 7.68. The maximum absolute atomic E-state index is 10.5. The van der Waals surface area contributed by atoms with Crippen LogP contribution in [-0.2, 0) is 4.74 Å². The van der Waals surface area contributed by atoms with Gasteiger partial charge in [0.15, 0.2) is 23.2 Å². The van der Waals surface area contributed by atoms with E-state index in [0.717, 1.165) is 5.56 Å². The quantitative estimate of drug-likeness (QED) is 0.414. The van der Waals surface area contributed by atoms with Gasteiger partial charge in [0.25, 0.3) is 0 Å². The van der Waals surface area contributed by atoms with E-state index < -0.39 is 31.1 Å². The van der Waals surface area contributed by atoms with Gasteiger partial charge in [0.1, 0.15) is 24.6 Å². The molecule has 1 aliphatic rings. The lowest BCUT2D eigenvalue weighted by Gasteiger charge is -2.22. The molecule has 1 aromatic carbocycles. The first kappa shape index (κ1) is 18.6. The molecule has 0 saturated carbocycles. The van der Waals surface area contributed by atoms with Crippen LogP contribution in [0.25, 0.3) is 11.2 Å². The number of hydrogen-bond acceptors (Lipinski definition) is 9. The van der Waals surface area contributed by atoms with E-state index in [1.807, 2.05) is 37.3 Å². The number of benzene rings is 1. The lowest BCUT2D eigenvalue weighted by atomic mass is 10.1. The molecule has 10 nitrogen and oxygen atoms in total. The molecule has 6 N–H and O–H groups in total. The monoisotopic (exact) mass is 386 g/mol. The highest BCUT2D eigenvalue weighted by Gasteiger charge is 2.45. The molecule has 3 aromatic rings. The van der Waals surface area contributed by atoms with Gasteiger partial charge in [0.2, 0.25) is 5.95 Å². The van der Waals surface area contributed by atoms with Crippen molar-refractivity contribution < 1.29 is 20.1 Å². The topological polar surface area (TPSA) is 152 Å². The Balaban J connectivity index is 1.78. The molecule has 1 saturated heterocycles. The molecule has 0 radical (unpaired) electrons. The zero-order valence-electron chi connectivity index (χ0n) is 15.2. The van der Waals surface area contributed by atoms with E-state index in [0.29, 0.717) is 17.1 Å². The summed E-state index contributed by atoms with van der Waals surface area (Å²) in [6.07, 6.45) is -3.15. The van der Waals surface area contributed by atoms with Crippen molar-refractivity contribution in [3.63, 3.8) is 0 Å². The standard InChI is InChI=1S/C18H22N6O4/c1-9(10-5-3-2-4-6-10)22-18-23-12-15(19)20-8-21-16(12)24(18)17-14(27)13(26)11(7-25)28-17/h2-6,8-9,11,13-14,17,25-27H,7H2,1H3,(H,22,23)(H2,19,20,21)/t9?,11-,13-,14-,17-/m1/s1. The molecular weight excluding hydrogens is 364 g/mol. The van der Waals surface area contributed by atoms with Gasteiger partial charge in [0, 0.05) is 0 Å². The summed E-state index contributed by atoms with van der Waals surface area (Å²) in [7, 11) is 0. The van der Waals surface area contributed by atoms with E-state index >= 15 is 0 Å². The number of hydrogen-bond donors (Lipinski definition) is 5. The van der Waals surface area contributed by atoms with E-state index in [-0.39, 0.29) is 11.9 Å². The summed E-state index contributed by atoms with van der Waals surface area (Å²) in [5, 5.41) is 33.3. The summed E-state index contributed by atoms with van der Waals surface area (Å²) in [5.74, 6) is 0.541. The Kier molecular flexibility index (Phi) is 4.85. The van der Waals surface area contributed by atoms with E-state index in [1.165, 1.54) is 10.9 Å². The molecule has 10 heteroatoms. The molecule has 0 amide bonds. The number of rotatable bonds is 5. The number of aliphatic hydroxyl groups excluding tert-OH is 3. The zero-order chi connectivity index (χ0) is 19.8. The molecule has 0 spiro atoms. The number of aliphatic hydroxyl groups is 3. The number of nitrogens with one attached hydrogen (secondary N) is 1. The van der Waals surface area contributed by atoms with Crippen molar-refractivity contribution in [2.24, 2.45) is 0 Å². The lowest BCUT2D eigenvalue weighted by Crippen LogP contribution is -2.33. The molecule has 28 heavy (non-hydrogen) atoms. The van der Waals surface area contributed by atoms with Crippen molar-refractivity contribution in [3.8, 4) is 0 Å². The third-order valence-electron chi connectivity index (χ3n) is 4.92. The Morgan fingerprint density at radius 3 is 2.64 bits per heavy atom. The molecular formula is C18H22N6O4. The molecule has 1 fully saturated rings. The van der Waals surface area contributed by atoms with Crippen molar-refractivity contribution in [1.29, 1.82) is 0 Å². The molecule has 1 unspecified atom stereocenters. The number of ether oxygens (including phenoxy) is 1. The number of aromatic nitrogens is 4. The Hall–Kier alpha value is -2.79. The summed E-state index contributed by atoms with van der Waals surface area (Å²) in [6, 6.07) is 9.64. The van der Waals surface area contributed by atoms with Gasteiger partial charge in [-0.1, -0.05) is 30.3 Å². The van der Waals surface area contributed by atoms with Crippen molar-refractivity contribution in [2.45, 2.75) is 37.5 Å². The molecule has 148 valence electrons. The van der Waals surface area contributed by atoms with Gasteiger partial charge < -0.3 is 31.1 Å². The highest BCUT2D eigenvalue weighted by molar-refractivity contribution is 5.84. The summed E-state index contributed by atoms with van der Waals surface area (Å²) >= 11 is 0. The van der Waals surface area contributed by atoms with Gasteiger partial charge in [0.05, 0.1) is 12.6 Å². The highest BCUT2D eigenvalue weighted by Crippen LogP contribution is 2.36. The number of nitrogen functional groups attached to an aromatic ring is 1. The van der Waals surface area contributed by atoms with Crippen LogP contribution in [-0.4, -0.2) is 59.8 Å². The van der Waals surface area contributed by atoms with E-state index in [4.69, 9.17) is 10.5 Å². The van der Waals surface area contributed by atoms with Crippen molar-refractivity contribution in [2.75, 3.05) is 17.7 Å². The Morgan fingerprint density at radius 1 is 1.21 bits per heavy atom. The number of fused-ring (bicyclic) bond motifs is 1. The van der Waals surface area contributed by atoms with Crippen molar-refractivity contribution in [1.82, 2.24) is 19.5 Å². The third kappa shape index (κ3) is 3.06. The van der Waals surface area contributed by atoms with E-state index in [9.17, 15) is 15.3 Å². The maximum Gasteiger partial charge on any atom is 0.208 e. The van der Waals surface area contributed by atoms with Gasteiger partial charge in [-0.25, -0.2) is 15.0 Å². The second kappa shape index (κ2) is 7.32. The van der Waals surface area contributed by atoms with Crippen LogP contribution in [0.1, 0.15) is 24.8 Å². The highest BCUT2D eigenvalue weighted by atomic mass is 16.6. The Bertz CT molecular complexity index is 965. The van der Waals surface area contributed by atoms with E-state index in [1.54, 1.807) is 0 Å². The van der Waals surface area contributed by atoms with E-state index in [2.05, 4.69) is 20.3 Å². The Labute approximate surface area is 160 Å². The molecule has 2 aromatic heterocycles. The molecule has 4 rings (SSSR count). The van der Waals surface area contributed by atoms with Crippen LogP contribution in [0, 0.1) is 0 Å². The Morgan fingerprint density at radius 2 is 1.96 bits per heavy atom. The normalized spacial score (nSPS) is 25.9. The summed E-state index contributed by atoms with van der Waals surface area (Å²) < 4.78 is 7.23. The van der Waals surface area contributed by atoms with Crippen LogP contribution in [0.3, 0.4) is 0 Å². The average molecular weight is 386 g/mol. The number of anilines is 2. The molecule has 3 heterocycles. The first-order chi connectivity index (χ1) is 13.5. The minimum atomic E-state index is -1.28. The fourth-order valence-electron chi connectivity index (χ4n) is 3.38. The molecule has 5 atom stereocenters. The fraction of sp³-hybridized carbons (Fsp3) is 0.389. The maximum atomic E-state index is 10.5. The predicted octanol–water partition coefficient (Wildman–Crippen LogP) is 0.193. The van der Waals surface area contributed by atoms with Gasteiger partial charge in [-0.15, -0.1) is 0 Å². The molecule has 0 bridgehead atoms. The second-order valence-corrected chi connectivity index (χ2v) is 6.74. The molecule has 0 aliphatic carbocycles. The van der Waals surface area contributed by atoms with Crippen molar-refractivity contribution >= 4 is 22.9 Å². The first-order valence-corrected chi connectivity index (χ1v) is 8.93. The van der Waals surface area contributed by atoms with Gasteiger partial charge >= 0.3 is 0 Å². The summed E-state index contributed by atoms with van der Waals surface area (Å²) in [6.45, 7) is 1.53. The van der Waals surface area contributed by atoms with Crippen LogP contribution in [0.4, 0.5) is 11.8 Å². The lowest BCUT2D eigenvalue weighted by molar-refractivity contribution is -0.0501. The first-order valence-electron chi connectivity index (χ1n) is 8.93. The third-order valence-corrected chi connectivity index (χ3v) is 4.92. The van der Waals surface area contributed by atoms with Gasteiger partial charge in [-0.3, -0.25) is 4.57 Å². The second-order valence-electron chi connectivity index (χ2n) is 6.74. The van der Waals surface area contributed by atoms with Gasteiger partial charge in [-0.2, -0.15) is 0 Å².